The number of benzene rings is 7. The van der Waals surface area contributed by atoms with E-state index in [9.17, 15) is 0 Å². The fraction of sp³-hybridized carbons (Fsp3) is 0. The lowest BCUT2D eigenvalue weighted by Crippen LogP contribution is -1.91. The Morgan fingerprint density at radius 1 is 0.400 bits per heavy atom. The van der Waals surface area contributed by atoms with Gasteiger partial charge in [0.05, 0.1) is 16.6 Å². The summed E-state index contributed by atoms with van der Waals surface area (Å²) in [5, 5.41) is 11.0. The molecule has 3 heterocycles. The third-order valence-corrected chi connectivity index (χ3v) is 10.4. The summed E-state index contributed by atoms with van der Waals surface area (Å²) < 4.78 is 2.67. The van der Waals surface area contributed by atoms with Gasteiger partial charge in [-0.2, -0.15) is 0 Å². The van der Waals surface area contributed by atoms with E-state index in [0.717, 1.165) is 32.7 Å². The van der Waals surface area contributed by atoms with Crippen molar-refractivity contribution in [2.24, 2.45) is 0 Å². The molecule has 0 saturated heterocycles. The van der Waals surface area contributed by atoms with Crippen LogP contribution in [0.2, 0.25) is 0 Å². The third kappa shape index (κ3) is 3.81. The molecule has 10 rings (SSSR count). The lowest BCUT2D eigenvalue weighted by Gasteiger charge is -2.14. The molecule has 0 saturated carbocycles. The molecular weight excluding hydrogens is 565 g/mol. The molecule has 0 radical (unpaired) electrons. The van der Waals surface area contributed by atoms with Gasteiger partial charge in [0.25, 0.3) is 0 Å². The van der Waals surface area contributed by atoms with Gasteiger partial charge in [0.1, 0.15) is 0 Å². The van der Waals surface area contributed by atoms with Crippen LogP contribution in [-0.4, -0.2) is 9.97 Å². The van der Waals surface area contributed by atoms with Crippen molar-refractivity contribution in [1.29, 1.82) is 0 Å². The van der Waals surface area contributed by atoms with Crippen molar-refractivity contribution >= 4 is 85.8 Å². The summed E-state index contributed by atoms with van der Waals surface area (Å²) in [6.07, 6.45) is 1.85. The normalized spacial score (nSPS) is 12.0. The van der Waals surface area contributed by atoms with E-state index < -0.39 is 0 Å². The predicted octanol–water partition coefficient (Wildman–Crippen LogP) is 11.9. The smallest absolute Gasteiger partial charge is 0.0978 e. The van der Waals surface area contributed by atoms with Crippen molar-refractivity contribution in [3.05, 3.63) is 146 Å². The van der Waals surface area contributed by atoms with Crippen LogP contribution in [0, 0.1) is 0 Å². The Morgan fingerprint density at radius 2 is 1.07 bits per heavy atom. The molecule has 0 unspecified atom stereocenters. The average Bonchev–Trinajstić information content (AvgIpc) is 3.47. The second kappa shape index (κ2) is 9.43. The largest absolute Gasteiger partial charge is 0.254 e. The van der Waals surface area contributed by atoms with Crippen molar-refractivity contribution in [2.75, 3.05) is 0 Å². The highest BCUT2D eigenvalue weighted by Gasteiger charge is 2.15. The summed E-state index contributed by atoms with van der Waals surface area (Å²) in [6.45, 7) is 0. The Balaban J connectivity index is 1.13. The lowest BCUT2D eigenvalue weighted by molar-refractivity contribution is 1.40. The zero-order valence-corrected chi connectivity index (χ0v) is 25.0. The number of pyridine rings is 2. The van der Waals surface area contributed by atoms with E-state index in [1.807, 2.05) is 23.6 Å². The van der Waals surface area contributed by atoms with Crippen molar-refractivity contribution in [1.82, 2.24) is 9.97 Å². The molecule has 3 aromatic heterocycles. The number of hydrogen-bond donors (Lipinski definition) is 0. The molecule has 2 nitrogen and oxygen atoms in total. The monoisotopic (exact) mass is 588 g/mol. The van der Waals surface area contributed by atoms with Gasteiger partial charge in [0.15, 0.2) is 0 Å². The van der Waals surface area contributed by atoms with Crippen LogP contribution in [0.1, 0.15) is 0 Å². The Bertz CT molecular complexity index is 2830. The molecule has 3 heteroatoms. The van der Waals surface area contributed by atoms with E-state index in [4.69, 9.17) is 9.97 Å². The first-order chi connectivity index (χ1) is 22.3. The van der Waals surface area contributed by atoms with Crippen LogP contribution in [0.4, 0.5) is 0 Å². The molecule has 7 aromatic carbocycles. The zero-order valence-electron chi connectivity index (χ0n) is 24.2. The maximum atomic E-state index is 5.09. The Hall–Kier alpha value is -5.64. The van der Waals surface area contributed by atoms with Crippen LogP contribution in [0.15, 0.2) is 146 Å². The van der Waals surface area contributed by atoms with Gasteiger partial charge in [-0.1, -0.05) is 91.0 Å². The Labute approximate surface area is 262 Å². The second-order valence-electron chi connectivity index (χ2n) is 11.8. The first-order valence-electron chi connectivity index (χ1n) is 15.2. The topological polar surface area (TPSA) is 25.8 Å². The Kier molecular flexibility index (Phi) is 5.19. The quantitative estimate of drug-likeness (QED) is 0.148. The summed E-state index contributed by atoms with van der Waals surface area (Å²) in [4.78, 5) is 9.82. The fourth-order valence-electron chi connectivity index (χ4n) is 7.04. The number of aromatic nitrogens is 2. The molecule has 0 N–H and O–H groups in total. The van der Waals surface area contributed by atoms with Crippen molar-refractivity contribution in [3.8, 4) is 22.3 Å². The maximum absolute atomic E-state index is 5.09. The minimum Gasteiger partial charge on any atom is -0.254 e. The summed E-state index contributed by atoms with van der Waals surface area (Å²) in [6, 6.07) is 50.8. The number of fused-ring (bicyclic) bond motifs is 9. The molecule has 0 bridgehead atoms. The molecule has 45 heavy (non-hydrogen) atoms. The summed E-state index contributed by atoms with van der Waals surface area (Å²) in [5.74, 6) is 0. The predicted molar refractivity (Wildman–Crippen MR) is 193 cm³/mol. The van der Waals surface area contributed by atoms with Gasteiger partial charge in [-0.25, -0.2) is 4.98 Å². The van der Waals surface area contributed by atoms with Gasteiger partial charge in [-0.05, 0) is 86.8 Å². The molecule has 0 aliphatic rings. The molecule has 0 spiro atoms. The standard InChI is InChI=1S/C42H24N2S/c1-3-9-37-35(8-1)40(36-18-15-25-6-5-19-43-41(25)42(36)44-37)30-14-13-28-21-31-20-26(11-12-27(31)22-32(28)23-30)29-16-17-34-33-7-2-4-10-38(33)45-39(34)24-29/h1-24H. The minimum absolute atomic E-state index is 0.941. The molecule has 208 valence electrons. The highest BCUT2D eigenvalue weighted by atomic mass is 32.1. The average molecular weight is 589 g/mol. The van der Waals surface area contributed by atoms with Gasteiger partial charge < -0.3 is 0 Å². The van der Waals surface area contributed by atoms with Gasteiger partial charge in [-0.3, -0.25) is 4.98 Å². The highest BCUT2D eigenvalue weighted by molar-refractivity contribution is 7.25. The number of thiophene rings is 1. The highest BCUT2D eigenvalue weighted by Crippen LogP contribution is 2.40. The number of rotatable bonds is 2. The molecule has 0 aliphatic carbocycles. The van der Waals surface area contributed by atoms with Crippen LogP contribution in [0.3, 0.4) is 0 Å². The van der Waals surface area contributed by atoms with Crippen LogP contribution >= 0.6 is 11.3 Å². The fourth-order valence-corrected chi connectivity index (χ4v) is 8.19. The van der Waals surface area contributed by atoms with E-state index in [0.29, 0.717) is 0 Å². The molecule has 10 aromatic rings. The van der Waals surface area contributed by atoms with Crippen molar-refractivity contribution < 1.29 is 0 Å². The lowest BCUT2D eigenvalue weighted by atomic mass is 9.92. The maximum Gasteiger partial charge on any atom is 0.0978 e. The molecular formula is C42H24N2S. The second-order valence-corrected chi connectivity index (χ2v) is 12.9. The van der Waals surface area contributed by atoms with Crippen molar-refractivity contribution in [2.45, 2.75) is 0 Å². The Morgan fingerprint density at radius 3 is 1.96 bits per heavy atom. The van der Waals surface area contributed by atoms with E-state index in [-0.39, 0.29) is 0 Å². The van der Waals surface area contributed by atoms with Crippen LogP contribution < -0.4 is 0 Å². The summed E-state index contributed by atoms with van der Waals surface area (Å²) >= 11 is 1.87. The minimum atomic E-state index is 0.941. The number of para-hydroxylation sites is 1. The van der Waals surface area contributed by atoms with E-state index in [1.54, 1.807) is 0 Å². The van der Waals surface area contributed by atoms with E-state index >= 15 is 0 Å². The van der Waals surface area contributed by atoms with Gasteiger partial charge in [-0.15, -0.1) is 11.3 Å². The molecule has 0 aliphatic heterocycles. The SMILES string of the molecule is c1cnc2c(c1)ccc1c(-c3ccc4cc5cc(-c6ccc7c(c6)sc6ccccc67)ccc5cc4c3)c3ccccc3nc12. The van der Waals surface area contributed by atoms with Crippen molar-refractivity contribution in [3.63, 3.8) is 0 Å². The summed E-state index contributed by atoms with van der Waals surface area (Å²) in [7, 11) is 0. The number of hydrogen-bond acceptors (Lipinski definition) is 3. The van der Waals surface area contributed by atoms with E-state index in [2.05, 4.69) is 133 Å². The van der Waals surface area contributed by atoms with E-state index in [1.165, 1.54) is 64.0 Å². The molecule has 0 fully saturated rings. The van der Waals surface area contributed by atoms with Crippen LogP contribution in [0.25, 0.3) is 96.7 Å². The summed E-state index contributed by atoms with van der Waals surface area (Å²) in [5.41, 5.74) is 7.76. The molecule has 0 atom stereocenters. The van der Waals surface area contributed by atoms with Gasteiger partial charge >= 0.3 is 0 Å². The third-order valence-electron chi connectivity index (χ3n) is 9.22. The first kappa shape index (κ1) is 24.8. The van der Waals surface area contributed by atoms with Gasteiger partial charge in [0, 0.05) is 48.1 Å². The number of nitrogens with zero attached hydrogens (tertiary/aromatic N) is 2. The molecule has 0 amide bonds. The van der Waals surface area contributed by atoms with Crippen LogP contribution in [-0.2, 0) is 0 Å². The van der Waals surface area contributed by atoms with Gasteiger partial charge in [0.2, 0.25) is 0 Å². The zero-order chi connectivity index (χ0) is 29.5. The first-order valence-corrected chi connectivity index (χ1v) is 16.0. The van der Waals surface area contributed by atoms with Crippen LogP contribution in [0.5, 0.6) is 0 Å².